The Morgan fingerprint density at radius 1 is 1.58 bits per heavy atom. The summed E-state index contributed by atoms with van der Waals surface area (Å²) in [5.74, 6) is -0.924. The zero-order valence-corrected chi connectivity index (χ0v) is 6.03. The van der Waals surface area contributed by atoms with Gasteiger partial charge in [0, 0.05) is 6.07 Å². The minimum atomic E-state index is -0.924. The van der Waals surface area contributed by atoms with Crippen molar-refractivity contribution in [1.29, 1.82) is 0 Å². The van der Waals surface area contributed by atoms with Gasteiger partial charge in [0.25, 0.3) is 0 Å². The van der Waals surface area contributed by atoms with Crippen molar-refractivity contribution in [2.75, 3.05) is 0 Å². The summed E-state index contributed by atoms with van der Waals surface area (Å²) in [7, 11) is 0. The van der Waals surface area contributed by atoms with Crippen LogP contribution in [0.25, 0.3) is 0 Å². The van der Waals surface area contributed by atoms with Crippen LogP contribution in [0.4, 0.5) is 10.1 Å². The van der Waals surface area contributed by atoms with Crippen LogP contribution in [0.5, 0.6) is 0 Å². The van der Waals surface area contributed by atoms with E-state index in [1.54, 1.807) is 0 Å². The zero-order chi connectivity index (χ0) is 9.14. The van der Waals surface area contributed by atoms with Gasteiger partial charge in [-0.2, -0.15) is 4.39 Å². The minimum absolute atomic E-state index is 0.318. The van der Waals surface area contributed by atoms with Gasteiger partial charge >= 0.3 is 5.69 Å². The lowest BCUT2D eigenvalue weighted by molar-refractivity contribution is -0.387. The number of halogens is 1. The predicted molar refractivity (Wildman–Crippen MR) is 39.0 cm³/mol. The summed E-state index contributed by atoms with van der Waals surface area (Å²) < 4.78 is 12.7. The van der Waals surface area contributed by atoms with E-state index in [4.69, 9.17) is 5.11 Å². The number of rotatable bonds is 2. The van der Waals surface area contributed by atoms with Crippen molar-refractivity contribution in [3.63, 3.8) is 0 Å². The Balaban J connectivity index is 3.12. The lowest BCUT2D eigenvalue weighted by Crippen LogP contribution is -1.93. The summed E-state index contributed by atoms with van der Waals surface area (Å²) in [5.41, 5.74) is -0.259. The van der Waals surface area contributed by atoms with Crippen LogP contribution in [-0.4, -0.2) is 10.0 Å². The van der Waals surface area contributed by atoms with Gasteiger partial charge in [-0.25, -0.2) is 0 Å². The summed E-state index contributed by atoms with van der Waals surface area (Å²) in [6.45, 7) is -0.324. The zero-order valence-electron chi connectivity index (χ0n) is 6.03. The van der Waals surface area contributed by atoms with Crippen molar-refractivity contribution in [3.8, 4) is 0 Å². The molecule has 0 bridgehead atoms. The second-order valence-electron chi connectivity index (χ2n) is 2.20. The minimum Gasteiger partial charge on any atom is -0.392 e. The number of aliphatic hydroxyl groups is 1. The molecule has 0 heterocycles. The number of hydrogen-bond acceptors (Lipinski definition) is 3. The maximum atomic E-state index is 12.7. The molecule has 0 aliphatic carbocycles. The molecule has 0 spiro atoms. The third kappa shape index (κ3) is 1.57. The second-order valence-corrected chi connectivity index (χ2v) is 2.20. The van der Waals surface area contributed by atoms with Gasteiger partial charge in [-0.3, -0.25) is 10.1 Å². The Labute approximate surface area is 67.4 Å². The average molecular weight is 171 g/mol. The summed E-state index contributed by atoms with van der Waals surface area (Å²) >= 11 is 0. The molecule has 0 fully saturated rings. The van der Waals surface area contributed by atoms with Crippen LogP contribution in [-0.2, 0) is 6.61 Å². The summed E-state index contributed by atoms with van der Waals surface area (Å²) in [6, 6.07) is 3.28. The Kier molecular flexibility index (Phi) is 2.35. The number of benzene rings is 1. The maximum absolute atomic E-state index is 12.7. The second kappa shape index (κ2) is 3.27. The van der Waals surface area contributed by atoms with E-state index in [1.165, 1.54) is 6.07 Å². The van der Waals surface area contributed by atoms with Crippen LogP contribution in [0.1, 0.15) is 5.56 Å². The highest BCUT2D eigenvalue weighted by molar-refractivity contribution is 5.34. The topological polar surface area (TPSA) is 63.4 Å². The highest BCUT2D eigenvalue weighted by Gasteiger charge is 2.12. The van der Waals surface area contributed by atoms with E-state index in [0.717, 1.165) is 12.1 Å². The van der Waals surface area contributed by atoms with E-state index in [-0.39, 0.29) is 6.61 Å². The Morgan fingerprint density at radius 3 is 2.67 bits per heavy atom. The highest BCUT2D eigenvalue weighted by Crippen LogP contribution is 2.17. The molecule has 0 aliphatic heterocycles. The van der Waals surface area contributed by atoms with Crippen molar-refractivity contribution in [3.05, 3.63) is 39.7 Å². The smallest absolute Gasteiger partial charge is 0.304 e. The molecular weight excluding hydrogens is 165 g/mol. The number of nitrogens with zero attached hydrogens (tertiary/aromatic N) is 1. The molecule has 12 heavy (non-hydrogen) atoms. The first-order chi connectivity index (χ1) is 5.65. The van der Waals surface area contributed by atoms with Gasteiger partial charge in [0.15, 0.2) is 0 Å². The number of nitro groups is 1. The molecule has 0 atom stereocenters. The van der Waals surface area contributed by atoms with E-state index in [0.29, 0.717) is 5.56 Å². The van der Waals surface area contributed by atoms with Crippen LogP contribution >= 0.6 is 0 Å². The summed E-state index contributed by atoms with van der Waals surface area (Å²) in [4.78, 5) is 9.32. The molecule has 64 valence electrons. The molecule has 1 rings (SSSR count). The molecular formula is C7H6FNO3. The largest absolute Gasteiger partial charge is 0.392 e. The van der Waals surface area contributed by atoms with Crippen molar-refractivity contribution in [2.45, 2.75) is 6.61 Å². The van der Waals surface area contributed by atoms with E-state index in [1.807, 2.05) is 0 Å². The SMILES string of the molecule is O=[N+]([O-])c1ccc(CO)cc1F. The fraction of sp³-hybridized carbons (Fsp3) is 0.143. The molecule has 1 aromatic carbocycles. The number of nitro benzene ring substituents is 1. The summed E-state index contributed by atoms with van der Waals surface area (Å²) in [5, 5.41) is 18.7. The molecule has 5 heteroatoms. The predicted octanol–water partition coefficient (Wildman–Crippen LogP) is 1.23. The van der Waals surface area contributed by atoms with Crippen LogP contribution in [0, 0.1) is 15.9 Å². The van der Waals surface area contributed by atoms with Gasteiger partial charge in [-0.05, 0) is 17.7 Å². The summed E-state index contributed by atoms with van der Waals surface area (Å²) in [6.07, 6.45) is 0. The molecule has 0 saturated heterocycles. The van der Waals surface area contributed by atoms with E-state index in [2.05, 4.69) is 0 Å². The maximum Gasteiger partial charge on any atom is 0.304 e. The monoisotopic (exact) mass is 171 g/mol. The van der Waals surface area contributed by atoms with Gasteiger partial charge in [0.2, 0.25) is 5.82 Å². The van der Waals surface area contributed by atoms with Crippen LogP contribution < -0.4 is 0 Å². The van der Waals surface area contributed by atoms with Crippen molar-refractivity contribution in [2.24, 2.45) is 0 Å². The Hall–Kier alpha value is -1.49. The Morgan fingerprint density at radius 2 is 2.25 bits per heavy atom. The lowest BCUT2D eigenvalue weighted by atomic mass is 10.2. The molecule has 0 aromatic heterocycles. The first-order valence-electron chi connectivity index (χ1n) is 3.19. The molecule has 1 aromatic rings. The van der Waals surface area contributed by atoms with Gasteiger partial charge in [-0.1, -0.05) is 0 Å². The van der Waals surface area contributed by atoms with Gasteiger partial charge in [0.1, 0.15) is 0 Å². The lowest BCUT2D eigenvalue weighted by Gasteiger charge is -1.96. The number of hydrogen-bond donors (Lipinski definition) is 1. The quantitative estimate of drug-likeness (QED) is 0.537. The van der Waals surface area contributed by atoms with Crippen molar-refractivity contribution >= 4 is 5.69 Å². The van der Waals surface area contributed by atoms with Gasteiger partial charge < -0.3 is 5.11 Å². The van der Waals surface area contributed by atoms with E-state index in [9.17, 15) is 14.5 Å². The number of aliphatic hydroxyl groups excluding tert-OH is 1. The molecule has 0 amide bonds. The molecule has 4 nitrogen and oxygen atoms in total. The molecule has 1 N–H and O–H groups in total. The normalized spacial score (nSPS) is 9.83. The van der Waals surface area contributed by atoms with Gasteiger partial charge in [0.05, 0.1) is 11.5 Å². The van der Waals surface area contributed by atoms with E-state index < -0.39 is 16.4 Å². The average Bonchev–Trinajstić information content (AvgIpc) is 2.03. The van der Waals surface area contributed by atoms with Crippen molar-refractivity contribution < 1.29 is 14.4 Å². The van der Waals surface area contributed by atoms with Crippen LogP contribution in [0.3, 0.4) is 0 Å². The van der Waals surface area contributed by atoms with Gasteiger partial charge in [-0.15, -0.1) is 0 Å². The van der Waals surface area contributed by atoms with Crippen LogP contribution in [0.2, 0.25) is 0 Å². The fourth-order valence-electron chi connectivity index (χ4n) is 0.797. The fourth-order valence-corrected chi connectivity index (χ4v) is 0.797. The first-order valence-corrected chi connectivity index (χ1v) is 3.19. The highest BCUT2D eigenvalue weighted by atomic mass is 19.1. The van der Waals surface area contributed by atoms with Crippen molar-refractivity contribution in [1.82, 2.24) is 0 Å². The first kappa shape index (κ1) is 8.61. The van der Waals surface area contributed by atoms with Crippen LogP contribution in [0.15, 0.2) is 18.2 Å². The van der Waals surface area contributed by atoms with E-state index >= 15 is 0 Å². The molecule has 0 aliphatic rings. The standard InChI is InChI=1S/C7H6FNO3/c8-6-3-5(4-10)1-2-7(6)9(11)12/h1-3,10H,4H2. The molecule has 0 unspecified atom stereocenters. The Bertz CT molecular complexity index is 314. The molecule has 0 radical (unpaired) electrons. The third-order valence-electron chi connectivity index (χ3n) is 1.39. The third-order valence-corrected chi connectivity index (χ3v) is 1.39. The molecule has 0 saturated carbocycles.